The summed E-state index contributed by atoms with van der Waals surface area (Å²) in [5.74, 6) is 1.98. The van der Waals surface area contributed by atoms with Crippen LogP contribution in [0.15, 0.2) is 42.5 Å². The third kappa shape index (κ3) is 4.16. The molecule has 0 bridgehead atoms. The Balaban J connectivity index is 1.79. The van der Waals surface area contributed by atoms with Gasteiger partial charge in [0, 0.05) is 22.9 Å². The average molecular weight is 374 g/mol. The lowest BCUT2D eigenvalue weighted by Crippen LogP contribution is -2.14. The lowest BCUT2D eigenvalue weighted by molar-refractivity contribution is -0.385. The normalized spacial score (nSPS) is 14.9. The largest absolute Gasteiger partial charge is 0.322 e. The summed E-state index contributed by atoms with van der Waals surface area (Å²) in [5, 5.41) is 13.9. The summed E-state index contributed by atoms with van der Waals surface area (Å²) >= 11 is 3.85. The van der Waals surface area contributed by atoms with E-state index in [1.54, 1.807) is 13.0 Å². The van der Waals surface area contributed by atoms with Gasteiger partial charge in [0.15, 0.2) is 0 Å². The molecule has 1 fully saturated rings. The zero-order chi connectivity index (χ0) is 17.8. The fourth-order valence-electron chi connectivity index (χ4n) is 2.71. The molecule has 2 aromatic rings. The van der Waals surface area contributed by atoms with Crippen LogP contribution in [0.3, 0.4) is 0 Å². The standard InChI is InChI=1S/C18H18N2O3S2/c1-12-15(7-3-8-16(12)20(22)23)17(21)19-14-6-2-5-13(11-14)18-24-9-4-10-25-18/h2-3,5-8,11,18H,4,9-10H2,1H3,(H,19,21). The molecule has 0 spiro atoms. The highest BCUT2D eigenvalue weighted by Crippen LogP contribution is 2.44. The average Bonchev–Trinajstić information content (AvgIpc) is 2.62. The summed E-state index contributed by atoms with van der Waals surface area (Å²) in [4.78, 5) is 23.1. The Morgan fingerprint density at radius 1 is 1.20 bits per heavy atom. The van der Waals surface area contributed by atoms with E-state index in [0.29, 0.717) is 21.4 Å². The Bertz CT molecular complexity index is 805. The SMILES string of the molecule is Cc1c(C(=O)Nc2cccc(C3SCCCS3)c2)cccc1[N+](=O)[O-]. The van der Waals surface area contributed by atoms with Gasteiger partial charge in [-0.1, -0.05) is 18.2 Å². The number of amides is 1. The molecule has 1 saturated heterocycles. The van der Waals surface area contributed by atoms with Gasteiger partial charge >= 0.3 is 0 Å². The van der Waals surface area contributed by atoms with Crippen LogP contribution in [-0.2, 0) is 0 Å². The quantitative estimate of drug-likeness (QED) is 0.601. The minimum absolute atomic E-state index is 0.0450. The van der Waals surface area contributed by atoms with E-state index >= 15 is 0 Å². The van der Waals surface area contributed by atoms with Gasteiger partial charge in [0.25, 0.3) is 11.6 Å². The highest BCUT2D eigenvalue weighted by molar-refractivity contribution is 8.16. The predicted molar refractivity (Wildman–Crippen MR) is 105 cm³/mol. The summed E-state index contributed by atoms with van der Waals surface area (Å²) in [5.41, 5.74) is 2.54. The van der Waals surface area contributed by atoms with Gasteiger partial charge in [-0.15, -0.1) is 23.5 Å². The fourth-order valence-corrected chi connectivity index (χ4v) is 5.58. The number of thioether (sulfide) groups is 2. The van der Waals surface area contributed by atoms with Gasteiger partial charge in [0.1, 0.15) is 0 Å². The molecule has 3 rings (SSSR count). The molecule has 0 saturated carbocycles. The smallest absolute Gasteiger partial charge is 0.273 e. The van der Waals surface area contributed by atoms with Crippen LogP contribution in [0.2, 0.25) is 0 Å². The first kappa shape index (κ1) is 17.8. The van der Waals surface area contributed by atoms with Crippen LogP contribution in [0.1, 0.15) is 32.5 Å². The van der Waals surface area contributed by atoms with Crippen molar-refractivity contribution in [2.24, 2.45) is 0 Å². The van der Waals surface area contributed by atoms with Gasteiger partial charge in [-0.05, 0) is 48.6 Å². The van der Waals surface area contributed by atoms with Crippen molar-refractivity contribution >= 4 is 40.8 Å². The molecule has 1 aliphatic rings. The lowest BCUT2D eigenvalue weighted by atomic mass is 10.1. The van der Waals surface area contributed by atoms with E-state index in [4.69, 9.17) is 0 Å². The number of anilines is 1. The summed E-state index contributed by atoms with van der Waals surface area (Å²) in [6.45, 7) is 1.60. The van der Waals surface area contributed by atoms with Crippen LogP contribution < -0.4 is 5.32 Å². The zero-order valence-electron chi connectivity index (χ0n) is 13.7. The second-order valence-electron chi connectivity index (χ2n) is 5.71. The Hall–Kier alpha value is -1.99. The number of carbonyl (C=O) groups is 1. The molecular formula is C18H18N2O3S2. The maximum Gasteiger partial charge on any atom is 0.273 e. The zero-order valence-corrected chi connectivity index (χ0v) is 15.4. The summed E-state index contributed by atoms with van der Waals surface area (Å²) in [6.07, 6.45) is 1.23. The first-order valence-corrected chi connectivity index (χ1v) is 10.0. The Morgan fingerprint density at radius 2 is 1.92 bits per heavy atom. The van der Waals surface area contributed by atoms with E-state index in [-0.39, 0.29) is 11.6 Å². The summed E-state index contributed by atoms with van der Waals surface area (Å²) in [7, 11) is 0. The minimum Gasteiger partial charge on any atom is -0.322 e. The maximum atomic E-state index is 12.6. The molecule has 2 aromatic carbocycles. The molecule has 25 heavy (non-hydrogen) atoms. The second kappa shape index (κ2) is 7.93. The lowest BCUT2D eigenvalue weighted by Gasteiger charge is -2.21. The van der Waals surface area contributed by atoms with Crippen LogP contribution in [0, 0.1) is 17.0 Å². The van der Waals surface area contributed by atoms with E-state index < -0.39 is 4.92 Å². The third-order valence-corrected chi connectivity index (χ3v) is 7.01. The molecule has 1 aliphatic heterocycles. The highest BCUT2D eigenvalue weighted by Gasteiger charge is 2.19. The van der Waals surface area contributed by atoms with E-state index in [0.717, 1.165) is 11.5 Å². The van der Waals surface area contributed by atoms with Crippen molar-refractivity contribution in [1.29, 1.82) is 0 Å². The Labute approximate surface area is 154 Å². The van der Waals surface area contributed by atoms with E-state index in [1.807, 2.05) is 41.7 Å². The molecule has 0 aromatic heterocycles. The third-order valence-electron chi connectivity index (χ3n) is 3.99. The molecule has 1 heterocycles. The fraction of sp³-hybridized carbons (Fsp3) is 0.278. The monoisotopic (exact) mass is 374 g/mol. The van der Waals surface area contributed by atoms with Gasteiger partial charge in [0.05, 0.1) is 9.51 Å². The Kier molecular flexibility index (Phi) is 5.65. The van der Waals surface area contributed by atoms with Crippen molar-refractivity contribution in [1.82, 2.24) is 0 Å². The molecule has 0 aliphatic carbocycles. The molecule has 0 unspecified atom stereocenters. The van der Waals surface area contributed by atoms with Crippen LogP contribution in [0.5, 0.6) is 0 Å². The van der Waals surface area contributed by atoms with Crippen molar-refractivity contribution in [2.75, 3.05) is 16.8 Å². The molecule has 0 radical (unpaired) electrons. The number of nitrogens with zero attached hydrogens (tertiary/aromatic N) is 1. The number of hydrogen-bond donors (Lipinski definition) is 1. The maximum absolute atomic E-state index is 12.6. The number of benzene rings is 2. The molecule has 130 valence electrons. The second-order valence-corrected chi connectivity index (χ2v) is 8.44. The molecule has 0 atom stereocenters. The van der Waals surface area contributed by atoms with Crippen molar-refractivity contribution in [3.63, 3.8) is 0 Å². The van der Waals surface area contributed by atoms with Crippen LogP contribution in [0.25, 0.3) is 0 Å². The minimum atomic E-state index is -0.468. The number of rotatable bonds is 4. The molecule has 1 amide bonds. The molecule has 5 nitrogen and oxygen atoms in total. The van der Waals surface area contributed by atoms with E-state index in [1.165, 1.54) is 24.1 Å². The number of nitrogens with one attached hydrogen (secondary N) is 1. The van der Waals surface area contributed by atoms with Gasteiger partial charge in [-0.25, -0.2) is 0 Å². The van der Waals surface area contributed by atoms with Crippen LogP contribution in [-0.4, -0.2) is 22.3 Å². The van der Waals surface area contributed by atoms with Gasteiger partial charge < -0.3 is 5.32 Å². The van der Waals surface area contributed by atoms with Crippen molar-refractivity contribution in [3.8, 4) is 0 Å². The molecule has 7 heteroatoms. The van der Waals surface area contributed by atoms with Gasteiger partial charge in [-0.3, -0.25) is 14.9 Å². The predicted octanol–water partition coefficient (Wildman–Crippen LogP) is 5.02. The Morgan fingerprint density at radius 3 is 2.64 bits per heavy atom. The van der Waals surface area contributed by atoms with E-state index in [2.05, 4.69) is 11.4 Å². The summed E-state index contributed by atoms with van der Waals surface area (Å²) in [6, 6.07) is 12.4. The van der Waals surface area contributed by atoms with Crippen molar-refractivity contribution in [2.45, 2.75) is 17.9 Å². The number of carbonyl (C=O) groups excluding carboxylic acids is 1. The molecular weight excluding hydrogens is 356 g/mol. The van der Waals surface area contributed by atoms with Crippen LogP contribution in [0.4, 0.5) is 11.4 Å². The van der Waals surface area contributed by atoms with Crippen LogP contribution >= 0.6 is 23.5 Å². The number of nitro groups is 1. The number of nitro benzene ring substituents is 1. The highest BCUT2D eigenvalue weighted by atomic mass is 32.2. The topological polar surface area (TPSA) is 72.2 Å². The first-order chi connectivity index (χ1) is 12.1. The van der Waals surface area contributed by atoms with Crippen molar-refractivity contribution < 1.29 is 9.72 Å². The first-order valence-electron chi connectivity index (χ1n) is 7.95. The summed E-state index contributed by atoms with van der Waals surface area (Å²) < 4.78 is 0.394. The van der Waals surface area contributed by atoms with E-state index in [9.17, 15) is 14.9 Å². The van der Waals surface area contributed by atoms with Gasteiger partial charge in [0.2, 0.25) is 0 Å². The van der Waals surface area contributed by atoms with Gasteiger partial charge in [-0.2, -0.15) is 0 Å². The molecule has 1 N–H and O–H groups in total. The number of hydrogen-bond acceptors (Lipinski definition) is 5. The van der Waals surface area contributed by atoms with Crippen molar-refractivity contribution in [3.05, 3.63) is 69.3 Å².